The first-order valence-corrected chi connectivity index (χ1v) is 7.66. The van der Waals surface area contributed by atoms with Crippen LogP contribution in [0, 0.1) is 11.8 Å². The van der Waals surface area contributed by atoms with Crippen molar-refractivity contribution in [2.24, 2.45) is 11.8 Å². The van der Waals surface area contributed by atoms with Crippen LogP contribution in [-0.4, -0.2) is 57.5 Å². The quantitative estimate of drug-likeness (QED) is 0.877. The van der Waals surface area contributed by atoms with E-state index in [0.717, 1.165) is 18.8 Å². The summed E-state index contributed by atoms with van der Waals surface area (Å²) < 4.78 is 11.0. The van der Waals surface area contributed by atoms with Gasteiger partial charge < -0.3 is 19.7 Å². The minimum absolute atomic E-state index is 0.0748. The number of nitrogens with one attached hydrogen (secondary N) is 1. The zero-order chi connectivity index (χ0) is 15.7. The molecule has 4 atom stereocenters. The highest BCUT2D eigenvalue weighted by atomic mass is 16.5. The summed E-state index contributed by atoms with van der Waals surface area (Å²) in [5, 5.41) is 3.14. The number of amides is 1. The van der Waals surface area contributed by atoms with E-state index in [-0.39, 0.29) is 24.0 Å². The summed E-state index contributed by atoms with van der Waals surface area (Å²) in [4.78, 5) is 18.6. The third-order valence-corrected chi connectivity index (χ3v) is 4.65. The van der Waals surface area contributed by atoms with Crippen molar-refractivity contribution < 1.29 is 14.3 Å². The third kappa shape index (κ3) is 2.68. The molecule has 2 aliphatic rings. The summed E-state index contributed by atoms with van der Waals surface area (Å²) in [5.41, 5.74) is 0.587. The number of anilines is 1. The average molecular weight is 305 g/mol. The van der Waals surface area contributed by atoms with Crippen molar-refractivity contribution in [1.29, 1.82) is 0 Å². The van der Waals surface area contributed by atoms with Gasteiger partial charge in [0.05, 0.1) is 18.3 Å². The molecule has 0 bridgehead atoms. The van der Waals surface area contributed by atoms with Gasteiger partial charge in [-0.15, -0.1) is 0 Å². The number of hydrogen-bond acceptors (Lipinski definition) is 5. The fourth-order valence-electron chi connectivity index (χ4n) is 3.45. The van der Waals surface area contributed by atoms with Crippen molar-refractivity contribution in [1.82, 2.24) is 10.3 Å². The van der Waals surface area contributed by atoms with Crippen molar-refractivity contribution in [3.05, 3.63) is 23.9 Å². The number of aromatic nitrogens is 1. The van der Waals surface area contributed by atoms with Gasteiger partial charge in [-0.25, -0.2) is 4.98 Å². The Morgan fingerprint density at radius 1 is 1.50 bits per heavy atom. The molecule has 22 heavy (non-hydrogen) atoms. The third-order valence-electron chi connectivity index (χ3n) is 4.65. The molecule has 3 rings (SSSR count). The molecule has 120 valence electrons. The highest BCUT2D eigenvalue weighted by molar-refractivity contribution is 5.94. The Labute approximate surface area is 130 Å². The Kier molecular flexibility index (Phi) is 4.31. The van der Waals surface area contributed by atoms with Gasteiger partial charge in [0.25, 0.3) is 5.91 Å². The Morgan fingerprint density at radius 2 is 2.32 bits per heavy atom. The van der Waals surface area contributed by atoms with E-state index in [1.165, 1.54) is 0 Å². The van der Waals surface area contributed by atoms with Gasteiger partial charge in [0.2, 0.25) is 0 Å². The van der Waals surface area contributed by atoms with Crippen LogP contribution in [0.2, 0.25) is 0 Å². The largest absolute Gasteiger partial charge is 0.384 e. The van der Waals surface area contributed by atoms with Crippen LogP contribution in [0.3, 0.4) is 0 Å². The van der Waals surface area contributed by atoms with Crippen LogP contribution in [0.5, 0.6) is 0 Å². The van der Waals surface area contributed by atoms with Gasteiger partial charge >= 0.3 is 0 Å². The van der Waals surface area contributed by atoms with E-state index >= 15 is 0 Å². The summed E-state index contributed by atoms with van der Waals surface area (Å²) in [6.07, 6.45) is 2.87. The second-order valence-corrected chi connectivity index (χ2v) is 6.21. The minimum atomic E-state index is -0.0748. The van der Waals surface area contributed by atoms with Crippen molar-refractivity contribution in [3.8, 4) is 0 Å². The molecule has 1 aromatic heterocycles. The molecule has 6 heteroatoms. The predicted octanol–water partition coefficient (Wildman–Crippen LogP) is 0.927. The molecule has 1 amide bonds. The number of fused-ring (bicyclic) bond motifs is 1. The normalized spacial score (nSPS) is 29.6. The lowest BCUT2D eigenvalue weighted by Gasteiger charge is -2.47. The lowest BCUT2D eigenvalue weighted by molar-refractivity contribution is -0.0809. The first-order valence-electron chi connectivity index (χ1n) is 7.66. The average Bonchev–Trinajstić information content (AvgIpc) is 2.94. The van der Waals surface area contributed by atoms with Crippen molar-refractivity contribution in [3.63, 3.8) is 0 Å². The number of carbonyl (C=O) groups is 1. The Bertz CT molecular complexity index is 532. The molecule has 0 aromatic carbocycles. The van der Waals surface area contributed by atoms with Crippen LogP contribution < -0.4 is 10.2 Å². The van der Waals surface area contributed by atoms with Gasteiger partial charge in [-0.05, 0) is 18.6 Å². The van der Waals surface area contributed by atoms with Gasteiger partial charge in [0, 0.05) is 51.9 Å². The topological polar surface area (TPSA) is 63.7 Å². The van der Waals surface area contributed by atoms with Crippen LogP contribution in [-0.2, 0) is 9.47 Å². The van der Waals surface area contributed by atoms with Crippen LogP contribution in [0.25, 0.3) is 0 Å². The molecule has 1 aliphatic carbocycles. The van der Waals surface area contributed by atoms with E-state index in [2.05, 4.69) is 10.3 Å². The summed E-state index contributed by atoms with van der Waals surface area (Å²) in [6, 6.07) is 3.79. The van der Waals surface area contributed by atoms with Gasteiger partial charge in [-0.3, -0.25) is 4.79 Å². The highest BCUT2D eigenvalue weighted by Gasteiger charge is 2.54. The standard InChI is InChI=1S/C16H23N3O3/c1-19(2)13-5-4-10(8-17-13)16(20)18-14-11-6-7-22-15(11)12(14)9-21-3/h4-5,8,11-12,14-15H,6-7,9H2,1-3H3,(H,18,20)/t11-,12-,14-,15-/m1/s1. The smallest absolute Gasteiger partial charge is 0.253 e. The molecule has 6 nitrogen and oxygen atoms in total. The molecule has 2 fully saturated rings. The summed E-state index contributed by atoms with van der Waals surface area (Å²) in [7, 11) is 5.53. The molecule has 1 aliphatic heterocycles. The lowest BCUT2D eigenvalue weighted by atomic mass is 9.67. The van der Waals surface area contributed by atoms with Crippen molar-refractivity contribution >= 4 is 11.7 Å². The number of ether oxygens (including phenoxy) is 2. The van der Waals surface area contributed by atoms with Crippen LogP contribution in [0.4, 0.5) is 5.82 Å². The summed E-state index contributed by atoms with van der Waals surface area (Å²) >= 11 is 0. The molecule has 0 spiro atoms. The van der Waals surface area contributed by atoms with E-state index in [4.69, 9.17) is 9.47 Å². The fraction of sp³-hybridized carbons (Fsp3) is 0.625. The summed E-state index contributed by atoms with van der Waals surface area (Å²) in [5.74, 6) is 1.42. The van der Waals surface area contributed by atoms with E-state index in [0.29, 0.717) is 18.1 Å². The number of rotatable bonds is 5. The van der Waals surface area contributed by atoms with E-state index in [9.17, 15) is 4.79 Å². The summed E-state index contributed by atoms with van der Waals surface area (Å²) in [6.45, 7) is 1.39. The highest BCUT2D eigenvalue weighted by Crippen LogP contribution is 2.43. The van der Waals surface area contributed by atoms with E-state index in [1.807, 2.05) is 31.1 Å². The lowest BCUT2D eigenvalue weighted by Crippen LogP contribution is -2.62. The molecular formula is C16H23N3O3. The van der Waals surface area contributed by atoms with Crippen LogP contribution >= 0.6 is 0 Å². The maximum Gasteiger partial charge on any atom is 0.253 e. The first kappa shape index (κ1) is 15.2. The maximum atomic E-state index is 12.4. The van der Waals surface area contributed by atoms with Crippen molar-refractivity contribution in [2.45, 2.75) is 18.6 Å². The number of methoxy groups -OCH3 is 1. The predicted molar refractivity (Wildman–Crippen MR) is 83.0 cm³/mol. The fourth-order valence-corrected chi connectivity index (χ4v) is 3.45. The van der Waals surface area contributed by atoms with E-state index in [1.54, 1.807) is 13.3 Å². The SMILES string of the molecule is COC[C@@H]1[C@H](NC(=O)c2ccc(N(C)C)nc2)[C@H]2CCO[C@H]21. The zero-order valence-electron chi connectivity index (χ0n) is 13.3. The van der Waals surface area contributed by atoms with Gasteiger partial charge in [0.1, 0.15) is 5.82 Å². The van der Waals surface area contributed by atoms with Gasteiger partial charge in [0.15, 0.2) is 0 Å². The second kappa shape index (κ2) is 6.22. The molecule has 1 saturated carbocycles. The minimum Gasteiger partial charge on any atom is -0.384 e. The Balaban J connectivity index is 1.65. The number of nitrogens with zero attached hydrogens (tertiary/aromatic N) is 2. The van der Waals surface area contributed by atoms with Crippen LogP contribution in [0.1, 0.15) is 16.8 Å². The molecule has 0 unspecified atom stereocenters. The molecular weight excluding hydrogens is 282 g/mol. The van der Waals surface area contributed by atoms with Crippen molar-refractivity contribution in [2.75, 3.05) is 39.3 Å². The monoisotopic (exact) mass is 305 g/mol. The number of hydrogen-bond donors (Lipinski definition) is 1. The molecule has 1 saturated heterocycles. The molecule has 0 radical (unpaired) electrons. The molecule has 1 aromatic rings. The maximum absolute atomic E-state index is 12.4. The molecule has 1 N–H and O–H groups in total. The Hall–Kier alpha value is -1.66. The number of pyridine rings is 1. The van der Waals surface area contributed by atoms with E-state index < -0.39 is 0 Å². The molecule has 2 heterocycles. The Morgan fingerprint density at radius 3 is 2.95 bits per heavy atom. The first-order chi connectivity index (χ1) is 10.6. The number of carbonyl (C=O) groups excluding carboxylic acids is 1. The van der Waals surface area contributed by atoms with Gasteiger partial charge in [-0.2, -0.15) is 0 Å². The van der Waals surface area contributed by atoms with Gasteiger partial charge in [-0.1, -0.05) is 0 Å². The zero-order valence-corrected chi connectivity index (χ0v) is 13.3. The van der Waals surface area contributed by atoms with Crippen LogP contribution in [0.15, 0.2) is 18.3 Å². The second-order valence-electron chi connectivity index (χ2n) is 6.21.